The Morgan fingerprint density at radius 1 is 0.377 bits per heavy atom. The average molecular weight is 857 g/mol. The maximum absolute atomic E-state index is 12.5. The Morgan fingerprint density at radius 3 is 0.951 bits per heavy atom. The zero-order valence-electron chi connectivity index (χ0n) is 41.4. The Hall–Kier alpha value is -1.39. The molecule has 360 valence electrons. The minimum atomic E-state index is -0.862. The van der Waals surface area contributed by atoms with Gasteiger partial charge in [-0.1, -0.05) is 275 Å². The molecule has 0 bridgehead atoms. The lowest BCUT2D eigenvalue weighted by atomic mass is 10.0. The largest absolute Gasteiger partial charge is 0.394 e. The second-order valence-corrected chi connectivity index (χ2v) is 19.0. The summed E-state index contributed by atoms with van der Waals surface area (Å²) in [6.07, 6.45) is 71.6. The quantitative estimate of drug-likeness (QED) is 0.0422. The number of unbranched alkanes of at least 4 members (excludes halogenated alkanes) is 40. The molecule has 0 aliphatic carbocycles. The van der Waals surface area contributed by atoms with Gasteiger partial charge in [-0.05, 0) is 57.8 Å². The third-order valence-corrected chi connectivity index (χ3v) is 12.8. The second kappa shape index (κ2) is 53.0. The number of amides is 1. The molecule has 0 aromatic heterocycles. The molecule has 0 aliphatic rings. The molecule has 2 unspecified atom stereocenters. The van der Waals surface area contributed by atoms with Crippen LogP contribution in [0.3, 0.4) is 0 Å². The zero-order valence-corrected chi connectivity index (χ0v) is 41.4. The first-order valence-corrected chi connectivity index (χ1v) is 27.7. The van der Waals surface area contributed by atoms with Crippen molar-refractivity contribution in [2.45, 2.75) is 315 Å². The highest BCUT2D eigenvalue weighted by molar-refractivity contribution is 5.76. The summed E-state index contributed by atoms with van der Waals surface area (Å²) < 4.78 is 0. The van der Waals surface area contributed by atoms with Gasteiger partial charge in [0.05, 0.1) is 18.8 Å². The smallest absolute Gasteiger partial charge is 0.220 e. The molecule has 0 fully saturated rings. The Morgan fingerprint density at radius 2 is 0.639 bits per heavy atom. The molecular formula is C57H109NO3. The number of carbonyl (C=O) groups excluding carboxylic acids is 1. The molecule has 61 heavy (non-hydrogen) atoms. The van der Waals surface area contributed by atoms with E-state index in [0.29, 0.717) is 6.42 Å². The summed E-state index contributed by atoms with van der Waals surface area (Å²) in [5, 5.41) is 23.1. The van der Waals surface area contributed by atoms with Gasteiger partial charge < -0.3 is 15.5 Å². The lowest BCUT2D eigenvalue weighted by Crippen LogP contribution is -2.45. The van der Waals surface area contributed by atoms with Crippen LogP contribution >= 0.6 is 0 Å². The molecule has 4 nitrogen and oxygen atoms in total. The Labute approximate surface area is 382 Å². The van der Waals surface area contributed by atoms with Crippen molar-refractivity contribution in [3.05, 3.63) is 36.5 Å². The zero-order chi connectivity index (χ0) is 44.2. The molecule has 0 spiro atoms. The van der Waals surface area contributed by atoms with E-state index in [-0.39, 0.29) is 12.5 Å². The van der Waals surface area contributed by atoms with E-state index < -0.39 is 12.1 Å². The number of carbonyl (C=O) groups is 1. The van der Waals surface area contributed by atoms with Crippen LogP contribution in [0.15, 0.2) is 36.5 Å². The maximum atomic E-state index is 12.5. The third-order valence-electron chi connectivity index (χ3n) is 12.8. The van der Waals surface area contributed by atoms with Crippen molar-refractivity contribution in [3.8, 4) is 0 Å². The maximum Gasteiger partial charge on any atom is 0.220 e. The molecule has 2 atom stereocenters. The fraction of sp³-hybridized carbons (Fsp3) is 0.877. The molecule has 0 saturated heterocycles. The highest BCUT2D eigenvalue weighted by Crippen LogP contribution is 2.17. The Kier molecular flexibility index (Phi) is 51.7. The van der Waals surface area contributed by atoms with Gasteiger partial charge in [0.2, 0.25) is 5.91 Å². The SMILES string of the molecule is CCCCCCCCCCCCCC/C=C\CCCCCCCCCCCCCC(=O)NC(CO)C(O)/C=C/CC/C=C/CCCCCCCCCCCCCCCCCC. The number of aliphatic hydroxyl groups excluding tert-OH is 2. The molecule has 3 N–H and O–H groups in total. The average Bonchev–Trinajstić information content (AvgIpc) is 3.26. The summed E-state index contributed by atoms with van der Waals surface area (Å²) >= 11 is 0. The van der Waals surface area contributed by atoms with Crippen LogP contribution in [0.1, 0.15) is 303 Å². The minimum absolute atomic E-state index is 0.0707. The Balaban J connectivity index is 3.52. The molecule has 0 aliphatic heterocycles. The van der Waals surface area contributed by atoms with E-state index in [0.717, 1.165) is 32.1 Å². The minimum Gasteiger partial charge on any atom is -0.394 e. The number of aliphatic hydroxyl groups is 2. The van der Waals surface area contributed by atoms with Crippen LogP contribution in [0.4, 0.5) is 0 Å². The van der Waals surface area contributed by atoms with Crippen molar-refractivity contribution in [1.29, 1.82) is 0 Å². The number of nitrogens with one attached hydrogen (secondary N) is 1. The van der Waals surface area contributed by atoms with Gasteiger partial charge in [-0.3, -0.25) is 4.79 Å². The fourth-order valence-electron chi connectivity index (χ4n) is 8.60. The molecule has 1 amide bonds. The Bertz CT molecular complexity index is 928. The summed E-state index contributed by atoms with van der Waals surface area (Å²) in [6, 6.07) is -0.639. The van der Waals surface area contributed by atoms with Crippen LogP contribution in [0.25, 0.3) is 0 Å². The van der Waals surface area contributed by atoms with Gasteiger partial charge in [0.15, 0.2) is 0 Å². The van der Waals surface area contributed by atoms with Crippen LogP contribution in [0.5, 0.6) is 0 Å². The van der Waals surface area contributed by atoms with Gasteiger partial charge in [-0.2, -0.15) is 0 Å². The number of hydrogen-bond acceptors (Lipinski definition) is 3. The first-order valence-electron chi connectivity index (χ1n) is 27.7. The van der Waals surface area contributed by atoms with Crippen molar-refractivity contribution in [3.63, 3.8) is 0 Å². The van der Waals surface area contributed by atoms with Crippen LogP contribution in [0.2, 0.25) is 0 Å². The van der Waals surface area contributed by atoms with Crippen molar-refractivity contribution in [2.24, 2.45) is 0 Å². The van der Waals surface area contributed by atoms with E-state index in [9.17, 15) is 15.0 Å². The number of rotatable bonds is 51. The van der Waals surface area contributed by atoms with Crippen molar-refractivity contribution in [1.82, 2.24) is 5.32 Å². The normalized spacial score (nSPS) is 13.0. The van der Waals surface area contributed by atoms with Gasteiger partial charge in [0, 0.05) is 6.42 Å². The summed E-state index contributed by atoms with van der Waals surface area (Å²) in [6.45, 7) is 4.33. The van der Waals surface area contributed by atoms with Crippen LogP contribution in [-0.4, -0.2) is 34.9 Å². The van der Waals surface area contributed by atoms with Crippen molar-refractivity contribution < 1.29 is 15.0 Å². The lowest BCUT2D eigenvalue weighted by molar-refractivity contribution is -0.123. The summed E-state index contributed by atoms with van der Waals surface area (Å²) in [5.74, 6) is -0.0707. The molecule has 0 radical (unpaired) electrons. The van der Waals surface area contributed by atoms with Gasteiger partial charge in [0.25, 0.3) is 0 Å². The van der Waals surface area contributed by atoms with Gasteiger partial charge in [0.1, 0.15) is 0 Å². The summed E-state index contributed by atoms with van der Waals surface area (Å²) in [5.41, 5.74) is 0. The predicted molar refractivity (Wildman–Crippen MR) is 272 cm³/mol. The topological polar surface area (TPSA) is 69.6 Å². The first kappa shape index (κ1) is 59.6. The fourth-order valence-corrected chi connectivity index (χ4v) is 8.60. The molecule has 0 heterocycles. The van der Waals surface area contributed by atoms with Gasteiger partial charge >= 0.3 is 0 Å². The standard InChI is InChI=1S/C57H109NO3/c1-3-5-7-9-11-13-15-17-19-21-23-25-27-28-29-30-31-33-35-37-39-41-43-45-47-49-51-53-57(61)58-55(54-59)56(60)52-50-48-46-44-42-40-38-36-34-32-26-24-22-20-18-16-14-12-10-8-6-4-2/h28-29,42,44,50,52,55-56,59-60H,3-27,30-41,43,45-49,51,53-54H2,1-2H3,(H,58,61)/b29-28-,44-42+,52-50+. The summed E-state index contributed by atoms with van der Waals surface area (Å²) in [4.78, 5) is 12.5. The van der Waals surface area contributed by atoms with Crippen molar-refractivity contribution >= 4 is 5.91 Å². The number of allylic oxidation sites excluding steroid dienone is 5. The van der Waals surface area contributed by atoms with E-state index >= 15 is 0 Å². The van der Waals surface area contributed by atoms with E-state index in [1.165, 1.54) is 250 Å². The van der Waals surface area contributed by atoms with Crippen LogP contribution in [-0.2, 0) is 4.79 Å². The van der Waals surface area contributed by atoms with E-state index in [2.05, 4.69) is 43.5 Å². The van der Waals surface area contributed by atoms with Gasteiger partial charge in [-0.15, -0.1) is 0 Å². The van der Waals surface area contributed by atoms with Crippen molar-refractivity contribution in [2.75, 3.05) is 6.61 Å². The predicted octanol–water partition coefficient (Wildman–Crippen LogP) is 18.1. The lowest BCUT2D eigenvalue weighted by Gasteiger charge is -2.19. The highest BCUT2D eigenvalue weighted by Gasteiger charge is 2.18. The molecule has 0 aromatic carbocycles. The van der Waals surface area contributed by atoms with Crippen LogP contribution < -0.4 is 5.32 Å². The molecule has 4 heteroatoms. The highest BCUT2D eigenvalue weighted by atomic mass is 16.3. The second-order valence-electron chi connectivity index (χ2n) is 19.0. The van der Waals surface area contributed by atoms with E-state index in [1.54, 1.807) is 6.08 Å². The number of hydrogen-bond donors (Lipinski definition) is 3. The van der Waals surface area contributed by atoms with Crippen LogP contribution in [0, 0.1) is 0 Å². The summed E-state index contributed by atoms with van der Waals surface area (Å²) in [7, 11) is 0. The molecule has 0 aromatic rings. The van der Waals surface area contributed by atoms with E-state index in [1.807, 2.05) is 6.08 Å². The van der Waals surface area contributed by atoms with Gasteiger partial charge in [-0.25, -0.2) is 0 Å². The first-order chi connectivity index (χ1) is 30.2. The molecule has 0 saturated carbocycles. The van der Waals surface area contributed by atoms with E-state index in [4.69, 9.17) is 0 Å². The monoisotopic (exact) mass is 856 g/mol. The molecule has 0 rings (SSSR count). The third kappa shape index (κ3) is 49.5. The molecular weight excluding hydrogens is 747 g/mol.